The van der Waals surface area contributed by atoms with E-state index in [1.165, 1.54) is 116 Å². The number of aliphatic hydroxyl groups excluding tert-OH is 1. The smallest absolute Gasteiger partial charge is 0.275 e. The Balaban J connectivity index is 3.96. The molecule has 0 bridgehead atoms. The summed E-state index contributed by atoms with van der Waals surface area (Å²) >= 11 is 0. The minimum absolute atomic E-state index is 0.108. The Morgan fingerprint density at radius 1 is 0.733 bits per heavy atom. The van der Waals surface area contributed by atoms with E-state index in [2.05, 4.69) is 19.2 Å². The molecule has 0 spiro atoms. The molecule has 0 amide bonds. The Labute approximate surface area is 187 Å². The molecule has 0 rings (SSSR count). The molecule has 4 N–H and O–H groups in total. The largest absolute Gasteiger partial charge is 0.562 e. The fourth-order valence-corrected chi connectivity index (χ4v) is 4.21. The molecule has 0 saturated heterocycles. The van der Waals surface area contributed by atoms with E-state index >= 15 is 0 Å². The van der Waals surface area contributed by atoms with Gasteiger partial charge in [0.05, 0.1) is 12.6 Å². The lowest BCUT2D eigenvalue weighted by molar-refractivity contribution is -0.691. The average Bonchev–Trinajstić information content (AvgIpc) is 2.70. The maximum Gasteiger partial charge on any atom is 0.275 e. The van der Waals surface area contributed by atoms with Gasteiger partial charge in [0.15, 0.2) is 0 Å². The zero-order valence-corrected chi connectivity index (χ0v) is 20.3. The van der Waals surface area contributed by atoms with Gasteiger partial charge in [-0.3, -0.25) is 4.79 Å². The van der Waals surface area contributed by atoms with Gasteiger partial charge in [0.1, 0.15) is 0 Å². The lowest BCUT2D eigenvalue weighted by Gasteiger charge is -2.22. The zero-order chi connectivity index (χ0) is 22.3. The van der Waals surface area contributed by atoms with Gasteiger partial charge in [-0.05, 0) is 25.7 Å². The quantitative estimate of drug-likeness (QED) is 0.118. The number of nitrogens with two attached hydrogens (primary N) is 1. The summed E-state index contributed by atoms with van der Waals surface area (Å²) in [6.07, 6.45) is 24.6. The van der Waals surface area contributed by atoms with Gasteiger partial charge < -0.3 is 15.5 Å². The van der Waals surface area contributed by atoms with E-state index in [-0.39, 0.29) is 12.5 Å². The number of carboxylic acid groups (broad SMARTS) is 1. The molecule has 0 aliphatic rings. The number of hydrogen-bond donors (Lipinski definition) is 3. The SMILES string of the molecule is CCCCCCCCCCC(CCCCCCCCCC)[NH2+]CC[C-](O)CC(=O)O. The number of aliphatic carboxylic acids is 1. The molecule has 0 fully saturated rings. The molecule has 0 radical (unpaired) electrons. The molecule has 0 aliphatic heterocycles. The first-order valence-electron chi connectivity index (χ1n) is 13.2. The van der Waals surface area contributed by atoms with Crippen LogP contribution in [0.25, 0.3) is 0 Å². The molecule has 180 valence electrons. The van der Waals surface area contributed by atoms with Gasteiger partial charge >= 0.3 is 0 Å². The van der Waals surface area contributed by atoms with Crippen molar-refractivity contribution in [2.45, 2.75) is 148 Å². The molecular formula is C26H53NO3. The summed E-state index contributed by atoms with van der Waals surface area (Å²) in [6.45, 7) is 5.34. The van der Waals surface area contributed by atoms with Crippen molar-refractivity contribution in [2.24, 2.45) is 0 Å². The molecule has 30 heavy (non-hydrogen) atoms. The number of aliphatic hydroxyl groups is 1. The number of carboxylic acids is 1. The highest BCUT2D eigenvalue weighted by molar-refractivity contribution is 5.68. The topological polar surface area (TPSA) is 74.1 Å². The summed E-state index contributed by atoms with van der Waals surface area (Å²) in [7, 11) is 0. The molecule has 0 aromatic rings. The summed E-state index contributed by atoms with van der Waals surface area (Å²) in [5.41, 5.74) is 0. The van der Waals surface area contributed by atoms with Crippen LogP contribution in [0.3, 0.4) is 0 Å². The van der Waals surface area contributed by atoms with Crippen LogP contribution in [0.1, 0.15) is 142 Å². The lowest BCUT2D eigenvalue weighted by atomic mass is 9.99. The number of rotatable bonds is 24. The van der Waals surface area contributed by atoms with E-state index in [0.29, 0.717) is 12.5 Å². The van der Waals surface area contributed by atoms with Crippen LogP contribution < -0.4 is 5.32 Å². The Hall–Kier alpha value is -0.610. The highest BCUT2D eigenvalue weighted by Gasteiger charge is 2.11. The fourth-order valence-electron chi connectivity index (χ4n) is 4.21. The second kappa shape index (κ2) is 23.1. The van der Waals surface area contributed by atoms with Gasteiger partial charge in [-0.15, -0.1) is 6.42 Å². The summed E-state index contributed by atoms with van der Waals surface area (Å²) < 4.78 is 0. The van der Waals surface area contributed by atoms with Crippen LogP contribution in [0.15, 0.2) is 0 Å². The molecule has 0 atom stereocenters. The minimum Gasteiger partial charge on any atom is -0.562 e. The first kappa shape index (κ1) is 29.4. The number of quaternary nitrogens is 1. The van der Waals surface area contributed by atoms with Gasteiger partial charge in [-0.2, -0.15) is 6.10 Å². The van der Waals surface area contributed by atoms with Crippen LogP contribution in [-0.4, -0.2) is 28.8 Å². The zero-order valence-electron chi connectivity index (χ0n) is 20.3. The Morgan fingerprint density at radius 2 is 1.13 bits per heavy atom. The van der Waals surface area contributed by atoms with E-state index in [1.54, 1.807) is 0 Å². The highest BCUT2D eigenvalue weighted by atomic mass is 16.4. The van der Waals surface area contributed by atoms with E-state index in [9.17, 15) is 9.90 Å². The van der Waals surface area contributed by atoms with E-state index in [0.717, 1.165) is 6.54 Å². The summed E-state index contributed by atoms with van der Waals surface area (Å²) in [5.74, 6) is -0.943. The molecule has 4 nitrogen and oxygen atoms in total. The van der Waals surface area contributed by atoms with E-state index in [4.69, 9.17) is 5.11 Å². The summed E-state index contributed by atoms with van der Waals surface area (Å²) in [4.78, 5) is 10.7. The number of hydrogen-bond acceptors (Lipinski definition) is 2. The van der Waals surface area contributed by atoms with Crippen LogP contribution >= 0.6 is 0 Å². The van der Waals surface area contributed by atoms with Crippen molar-refractivity contribution in [3.05, 3.63) is 6.10 Å². The van der Waals surface area contributed by atoms with Crippen molar-refractivity contribution in [1.29, 1.82) is 0 Å². The van der Waals surface area contributed by atoms with Gasteiger partial charge in [0.2, 0.25) is 0 Å². The van der Waals surface area contributed by atoms with Crippen molar-refractivity contribution >= 4 is 5.97 Å². The van der Waals surface area contributed by atoms with Gasteiger partial charge in [-0.25, -0.2) is 0 Å². The van der Waals surface area contributed by atoms with Crippen LogP contribution in [0.2, 0.25) is 0 Å². The van der Waals surface area contributed by atoms with Crippen LogP contribution in [0.5, 0.6) is 0 Å². The van der Waals surface area contributed by atoms with Crippen LogP contribution in [0, 0.1) is 6.10 Å². The second-order valence-corrected chi connectivity index (χ2v) is 9.20. The lowest BCUT2D eigenvalue weighted by Crippen LogP contribution is -2.90. The molecule has 0 aliphatic carbocycles. The van der Waals surface area contributed by atoms with Crippen molar-refractivity contribution in [1.82, 2.24) is 0 Å². The van der Waals surface area contributed by atoms with Gasteiger partial charge in [0.25, 0.3) is 5.97 Å². The monoisotopic (exact) mass is 427 g/mol. The fraction of sp³-hybridized carbons (Fsp3) is 0.923. The Kier molecular flexibility index (Phi) is 22.6. The number of carbonyl (C=O) groups is 1. The summed E-state index contributed by atoms with van der Waals surface area (Å²) in [6, 6.07) is 0.628. The molecule has 0 aromatic heterocycles. The predicted octanol–water partition coefficient (Wildman–Crippen LogP) is 6.75. The first-order chi connectivity index (χ1) is 14.6. The van der Waals surface area contributed by atoms with Crippen LogP contribution in [0.4, 0.5) is 0 Å². The normalized spacial score (nSPS) is 11.6. The van der Waals surface area contributed by atoms with Gasteiger partial charge in [0, 0.05) is 0 Å². The molecular weight excluding hydrogens is 374 g/mol. The molecule has 0 unspecified atom stereocenters. The van der Waals surface area contributed by atoms with Crippen molar-refractivity contribution in [3.8, 4) is 0 Å². The maximum absolute atomic E-state index is 10.7. The third kappa shape index (κ3) is 22.1. The third-order valence-corrected chi connectivity index (χ3v) is 6.15. The minimum atomic E-state index is -0.943. The highest BCUT2D eigenvalue weighted by Crippen LogP contribution is 2.14. The molecule has 0 aromatic carbocycles. The van der Waals surface area contributed by atoms with Gasteiger partial charge in [-0.1, -0.05) is 110 Å². The summed E-state index contributed by atoms with van der Waals surface area (Å²) in [5, 5.41) is 20.9. The third-order valence-electron chi connectivity index (χ3n) is 6.15. The Morgan fingerprint density at radius 3 is 1.53 bits per heavy atom. The Bertz CT molecular complexity index is 342. The predicted molar refractivity (Wildman–Crippen MR) is 127 cm³/mol. The van der Waals surface area contributed by atoms with Crippen molar-refractivity contribution < 1.29 is 20.3 Å². The van der Waals surface area contributed by atoms with E-state index in [1.807, 2.05) is 0 Å². The molecule has 4 heteroatoms. The van der Waals surface area contributed by atoms with E-state index < -0.39 is 5.97 Å². The van der Waals surface area contributed by atoms with Crippen LogP contribution in [-0.2, 0) is 4.79 Å². The average molecular weight is 428 g/mol. The standard InChI is InChI=1S/C26H52NO3/c1-3-5-7-9-11-13-15-17-19-24(27-22-21-25(28)23-26(29)30)20-18-16-14-12-10-8-6-4-2/h24,27-28H,3-23H2,1-2H3,(H,29,30)/q-1/p+1. The maximum atomic E-state index is 10.7. The van der Waals surface area contributed by atoms with Crippen molar-refractivity contribution in [2.75, 3.05) is 6.54 Å². The second-order valence-electron chi connectivity index (χ2n) is 9.20. The van der Waals surface area contributed by atoms with Crippen molar-refractivity contribution in [3.63, 3.8) is 0 Å². The molecule has 0 saturated carbocycles. The molecule has 0 heterocycles. The first-order valence-corrected chi connectivity index (χ1v) is 13.2. The number of unbranched alkanes of at least 4 members (excludes halogenated alkanes) is 14.